The Bertz CT molecular complexity index is 540. The molecule has 0 saturated heterocycles. The molecule has 0 fully saturated rings. The van der Waals surface area contributed by atoms with Crippen molar-refractivity contribution >= 4 is 34.2 Å². The van der Waals surface area contributed by atoms with Gasteiger partial charge in [0.2, 0.25) is 0 Å². The molecule has 92 valence electrons. The molecule has 0 aliphatic heterocycles. The van der Waals surface area contributed by atoms with E-state index in [0.717, 1.165) is 24.0 Å². The van der Waals surface area contributed by atoms with Gasteiger partial charge < -0.3 is 10.3 Å². The van der Waals surface area contributed by atoms with E-state index in [1.165, 1.54) is 0 Å². The molecule has 0 aliphatic carbocycles. The topological polar surface area (TPSA) is 43.8 Å². The van der Waals surface area contributed by atoms with Gasteiger partial charge in [-0.15, -0.1) is 0 Å². The van der Waals surface area contributed by atoms with E-state index >= 15 is 0 Å². The normalized spacial score (nSPS) is 12.3. The molecular weight excluding hydrogens is 257 g/mol. The first-order valence-corrected chi connectivity index (χ1v) is 6.21. The lowest BCUT2D eigenvalue weighted by molar-refractivity contribution is 0.440. The van der Waals surface area contributed by atoms with Crippen molar-refractivity contribution < 1.29 is 0 Å². The summed E-state index contributed by atoms with van der Waals surface area (Å²) >= 11 is 12.0. The van der Waals surface area contributed by atoms with Gasteiger partial charge >= 0.3 is 0 Å². The number of hydrogen-bond donors (Lipinski definition) is 1. The monoisotopic (exact) mass is 271 g/mol. The number of halogens is 2. The Morgan fingerprint density at radius 2 is 1.94 bits per heavy atom. The number of aromatic nitrogens is 2. The maximum atomic E-state index is 6.01. The fraction of sp³-hybridized carbons (Fsp3) is 0.417. The highest BCUT2D eigenvalue weighted by molar-refractivity contribution is 6.42. The maximum Gasteiger partial charge on any atom is 0.0958 e. The Morgan fingerprint density at radius 1 is 1.29 bits per heavy atom. The maximum absolute atomic E-state index is 6.01. The van der Waals surface area contributed by atoms with E-state index < -0.39 is 0 Å². The number of hydrogen-bond acceptors (Lipinski definition) is 2. The van der Waals surface area contributed by atoms with Crippen LogP contribution in [-0.4, -0.2) is 15.1 Å². The molecule has 0 unspecified atom stereocenters. The summed E-state index contributed by atoms with van der Waals surface area (Å²) in [6.45, 7) is 4.84. The second kappa shape index (κ2) is 4.48. The molecule has 2 rings (SSSR count). The minimum Gasteiger partial charge on any atom is -0.330 e. The van der Waals surface area contributed by atoms with Crippen molar-refractivity contribution in [3.8, 4) is 0 Å². The molecule has 0 radical (unpaired) electrons. The van der Waals surface area contributed by atoms with Crippen LogP contribution in [0.15, 0.2) is 18.5 Å². The largest absolute Gasteiger partial charge is 0.330 e. The molecule has 1 heterocycles. The van der Waals surface area contributed by atoms with Crippen molar-refractivity contribution in [2.24, 2.45) is 5.73 Å². The van der Waals surface area contributed by atoms with Gasteiger partial charge in [0.05, 0.1) is 27.4 Å². The minimum absolute atomic E-state index is 0.188. The first-order chi connectivity index (χ1) is 7.87. The van der Waals surface area contributed by atoms with Crippen molar-refractivity contribution in [3.63, 3.8) is 0 Å². The Kier molecular flexibility index (Phi) is 3.34. The summed E-state index contributed by atoms with van der Waals surface area (Å²) in [6, 6.07) is 3.62. The van der Waals surface area contributed by atoms with Crippen LogP contribution in [0.25, 0.3) is 11.0 Å². The smallest absolute Gasteiger partial charge is 0.0958 e. The predicted molar refractivity (Wildman–Crippen MR) is 72.6 cm³/mol. The lowest BCUT2D eigenvalue weighted by atomic mass is 10.0. The average molecular weight is 272 g/mol. The number of aryl methyl sites for hydroxylation is 1. The molecule has 1 aromatic heterocycles. The fourth-order valence-electron chi connectivity index (χ4n) is 1.64. The van der Waals surface area contributed by atoms with Crippen LogP contribution in [0.3, 0.4) is 0 Å². The lowest BCUT2D eigenvalue weighted by Crippen LogP contribution is -2.33. The van der Waals surface area contributed by atoms with E-state index in [-0.39, 0.29) is 5.54 Å². The van der Waals surface area contributed by atoms with Crippen LogP contribution in [0, 0.1) is 0 Å². The van der Waals surface area contributed by atoms with Gasteiger partial charge in [-0.25, -0.2) is 4.98 Å². The van der Waals surface area contributed by atoms with Gasteiger partial charge in [0.15, 0.2) is 0 Å². The third-order valence-corrected chi connectivity index (χ3v) is 3.38. The van der Waals surface area contributed by atoms with Crippen LogP contribution in [0.1, 0.15) is 20.3 Å². The Hall–Kier alpha value is -0.770. The zero-order valence-electron chi connectivity index (χ0n) is 9.87. The number of nitrogens with zero attached hydrogens (tertiary/aromatic N) is 2. The summed E-state index contributed by atoms with van der Waals surface area (Å²) in [5.74, 6) is 0. The average Bonchev–Trinajstić information content (AvgIpc) is 2.57. The second-order valence-electron chi connectivity index (χ2n) is 4.93. The van der Waals surface area contributed by atoms with Gasteiger partial charge in [-0.3, -0.25) is 0 Å². The summed E-state index contributed by atoms with van der Waals surface area (Å²) in [5, 5.41) is 1.08. The van der Waals surface area contributed by atoms with Gasteiger partial charge in [-0.2, -0.15) is 0 Å². The van der Waals surface area contributed by atoms with Gasteiger partial charge in [0.25, 0.3) is 0 Å². The highest BCUT2D eigenvalue weighted by Gasteiger charge is 2.12. The first-order valence-electron chi connectivity index (χ1n) is 5.45. The molecule has 5 heteroatoms. The molecule has 17 heavy (non-hydrogen) atoms. The Morgan fingerprint density at radius 3 is 2.59 bits per heavy atom. The highest BCUT2D eigenvalue weighted by atomic mass is 35.5. The van der Waals surface area contributed by atoms with Crippen LogP contribution in [0.4, 0.5) is 0 Å². The summed E-state index contributed by atoms with van der Waals surface area (Å²) < 4.78 is 2.05. The molecular formula is C12H15Cl2N3. The van der Waals surface area contributed by atoms with Crippen LogP contribution in [0.5, 0.6) is 0 Å². The Balaban J connectivity index is 2.33. The molecule has 1 aromatic carbocycles. The standard InChI is InChI=1S/C12H15Cl2N3/c1-12(2,15)3-4-17-7-16-10-5-8(13)9(14)6-11(10)17/h5-7H,3-4,15H2,1-2H3. The highest BCUT2D eigenvalue weighted by Crippen LogP contribution is 2.27. The van der Waals surface area contributed by atoms with E-state index in [1.54, 1.807) is 12.4 Å². The number of fused-ring (bicyclic) bond motifs is 1. The summed E-state index contributed by atoms with van der Waals surface area (Å²) in [4.78, 5) is 4.30. The van der Waals surface area contributed by atoms with Crippen molar-refractivity contribution in [3.05, 3.63) is 28.5 Å². The third kappa shape index (κ3) is 2.92. The van der Waals surface area contributed by atoms with Crippen LogP contribution < -0.4 is 5.73 Å². The lowest BCUT2D eigenvalue weighted by Gasteiger charge is -2.18. The second-order valence-corrected chi connectivity index (χ2v) is 5.75. The van der Waals surface area contributed by atoms with Crippen LogP contribution in [-0.2, 0) is 6.54 Å². The molecule has 0 spiro atoms. The summed E-state index contributed by atoms with van der Waals surface area (Å²) in [7, 11) is 0. The van der Waals surface area contributed by atoms with Crippen LogP contribution >= 0.6 is 23.2 Å². The zero-order valence-corrected chi connectivity index (χ0v) is 11.4. The van der Waals surface area contributed by atoms with E-state index in [2.05, 4.69) is 4.98 Å². The van der Waals surface area contributed by atoms with E-state index in [9.17, 15) is 0 Å². The molecule has 0 bridgehead atoms. The zero-order chi connectivity index (χ0) is 12.6. The van der Waals surface area contributed by atoms with Gasteiger partial charge in [0.1, 0.15) is 0 Å². The first kappa shape index (κ1) is 12.7. The number of nitrogens with two attached hydrogens (primary N) is 1. The molecule has 0 saturated carbocycles. The van der Waals surface area contributed by atoms with E-state index in [4.69, 9.17) is 28.9 Å². The number of benzene rings is 1. The Labute approximate surface area is 111 Å². The molecule has 2 aromatic rings. The summed E-state index contributed by atoms with van der Waals surface area (Å²) in [6.07, 6.45) is 2.67. The molecule has 0 aliphatic rings. The van der Waals surface area contributed by atoms with Crippen LogP contribution in [0.2, 0.25) is 10.0 Å². The van der Waals surface area contributed by atoms with E-state index in [1.807, 2.05) is 24.5 Å². The van der Waals surface area contributed by atoms with Crippen molar-refractivity contribution in [2.75, 3.05) is 0 Å². The van der Waals surface area contributed by atoms with Gasteiger partial charge in [-0.1, -0.05) is 23.2 Å². The fourth-order valence-corrected chi connectivity index (χ4v) is 1.96. The molecule has 2 N–H and O–H groups in total. The van der Waals surface area contributed by atoms with Crippen molar-refractivity contribution in [2.45, 2.75) is 32.4 Å². The van der Waals surface area contributed by atoms with Crippen molar-refractivity contribution in [1.82, 2.24) is 9.55 Å². The predicted octanol–water partition coefficient (Wildman–Crippen LogP) is 3.47. The SMILES string of the molecule is CC(C)(N)CCn1cnc2cc(Cl)c(Cl)cc21. The summed E-state index contributed by atoms with van der Waals surface area (Å²) in [5.41, 5.74) is 7.63. The van der Waals surface area contributed by atoms with E-state index in [0.29, 0.717) is 10.0 Å². The number of rotatable bonds is 3. The third-order valence-electron chi connectivity index (χ3n) is 2.66. The molecule has 3 nitrogen and oxygen atoms in total. The number of imidazole rings is 1. The van der Waals surface area contributed by atoms with Gasteiger partial charge in [0, 0.05) is 12.1 Å². The van der Waals surface area contributed by atoms with Gasteiger partial charge in [-0.05, 0) is 32.4 Å². The molecule has 0 atom stereocenters. The molecule has 0 amide bonds. The quantitative estimate of drug-likeness (QED) is 0.929. The van der Waals surface area contributed by atoms with Crippen molar-refractivity contribution in [1.29, 1.82) is 0 Å². The minimum atomic E-state index is -0.188.